The first-order valence-corrected chi connectivity index (χ1v) is 4.11. The van der Waals surface area contributed by atoms with Crippen LogP contribution in [0.15, 0.2) is 36.5 Å². The van der Waals surface area contributed by atoms with E-state index < -0.39 is 0 Å². The Hall–Kier alpha value is -0.890. The molecule has 0 radical (unpaired) electrons. The summed E-state index contributed by atoms with van der Waals surface area (Å²) < 4.78 is 0. The van der Waals surface area contributed by atoms with Gasteiger partial charge in [-0.25, -0.2) is 0 Å². The lowest BCUT2D eigenvalue weighted by Gasteiger charge is -2.23. The Morgan fingerprint density at radius 1 is 1.09 bits per heavy atom. The molecule has 0 spiro atoms. The van der Waals surface area contributed by atoms with E-state index in [9.17, 15) is 0 Å². The van der Waals surface area contributed by atoms with Crippen LogP contribution in [-0.4, -0.2) is 11.0 Å². The molecule has 11 heavy (non-hydrogen) atoms. The second kappa shape index (κ2) is 2.62. The summed E-state index contributed by atoms with van der Waals surface area (Å²) in [5.74, 6) is 0.311. The average molecular weight is 163 g/mol. The Bertz CT molecular complexity index is 263. The van der Waals surface area contributed by atoms with E-state index in [4.69, 9.17) is 12.2 Å². The second-order valence-corrected chi connectivity index (χ2v) is 3.15. The van der Waals surface area contributed by atoms with Gasteiger partial charge in [-0.3, -0.25) is 0 Å². The predicted octanol–water partition coefficient (Wildman–Crippen LogP) is 1.58. The minimum absolute atomic E-state index is 0.309. The number of fused-ring (bicyclic) bond motifs is 2. The first kappa shape index (κ1) is 6.80. The molecule has 0 amide bonds. The van der Waals surface area contributed by atoms with Crippen LogP contribution >= 0.6 is 12.2 Å². The van der Waals surface area contributed by atoms with Crippen LogP contribution in [-0.2, 0) is 0 Å². The molecule has 0 saturated carbocycles. The number of hydrogen-bond acceptors (Lipinski definition) is 1. The highest BCUT2D eigenvalue weighted by molar-refractivity contribution is 7.80. The van der Waals surface area contributed by atoms with Gasteiger partial charge in [0.15, 0.2) is 0 Å². The molecule has 2 unspecified atom stereocenters. The van der Waals surface area contributed by atoms with Crippen molar-refractivity contribution in [3.63, 3.8) is 0 Å². The van der Waals surface area contributed by atoms with E-state index in [-0.39, 0.29) is 0 Å². The van der Waals surface area contributed by atoms with Crippen LogP contribution in [0.1, 0.15) is 0 Å². The molecule has 1 N–H and O–H groups in total. The molecule has 2 atom stereocenters. The summed E-state index contributed by atoms with van der Waals surface area (Å²) in [6.07, 6.45) is 12.6. The van der Waals surface area contributed by atoms with Gasteiger partial charge >= 0.3 is 0 Å². The van der Waals surface area contributed by atoms with Crippen molar-refractivity contribution in [3.8, 4) is 0 Å². The molecule has 0 aromatic carbocycles. The first-order valence-electron chi connectivity index (χ1n) is 3.70. The molecule has 2 heterocycles. The van der Waals surface area contributed by atoms with Gasteiger partial charge in [-0.05, 0) is 0 Å². The molecule has 0 saturated heterocycles. The van der Waals surface area contributed by atoms with E-state index in [0.29, 0.717) is 12.0 Å². The highest BCUT2D eigenvalue weighted by atomic mass is 32.1. The first-order chi connectivity index (χ1) is 5.36. The quantitative estimate of drug-likeness (QED) is 0.430. The van der Waals surface area contributed by atoms with E-state index >= 15 is 0 Å². The Balaban J connectivity index is 2.38. The zero-order chi connectivity index (χ0) is 7.68. The van der Waals surface area contributed by atoms with Crippen molar-refractivity contribution in [2.75, 3.05) is 0 Å². The van der Waals surface area contributed by atoms with Crippen LogP contribution < -0.4 is 5.32 Å². The molecule has 3 aliphatic rings. The van der Waals surface area contributed by atoms with Gasteiger partial charge in [-0.1, -0.05) is 48.7 Å². The molecule has 1 nitrogen and oxygen atoms in total. The monoisotopic (exact) mass is 163 g/mol. The van der Waals surface area contributed by atoms with Crippen LogP contribution in [0.4, 0.5) is 0 Å². The largest absolute Gasteiger partial charge is 0.369 e. The fraction of sp³-hybridized carbons (Fsp3) is 0.222. The lowest BCUT2D eigenvalue weighted by Crippen LogP contribution is -2.38. The normalized spacial score (nSPS) is 39.1. The second-order valence-electron chi connectivity index (χ2n) is 2.71. The van der Waals surface area contributed by atoms with E-state index in [0.717, 1.165) is 4.99 Å². The summed E-state index contributed by atoms with van der Waals surface area (Å²) in [7, 11) is 0. The summed E-state index contributed by atoms with van der Waals surface area (Å²) in [5, 5.41) is 3.22. The minimum Gasteiger partial charge on any atom is -0.369 e. The smallest absolute Gasteiger partial charge is 0.0868 e. The van der Waals surface area contributed by atoms with E-state index in [1.807, 2.05) is 6.08 Å². The van der Waals surface area contributed by atoms with Crippen LogP contribution in [0.2, 0.25) is 0 Å². The maximum Gasteiger partial charge on any atom is 0.0868 e. The summed E-state index contributed by atoms with van der Waals surface area (Å²) in [6.45, 7) is 0. The molecule has 1 aliphatic carbocycles. The molecular formula is C9H9NS. The van der Waals surface area contributed by atoms with Gasteiger partial charge in [0.2, 0.25) is 0 Å². The van der Waals surface area contributed by atoms with Crippen molar-refractivity contribution < 1.29 is 0 Å². The molecule has 3 rings (SSSR count). The summed E-state index contributed by atoms with van der Waals surface area (Å²) >= 11 is 5.16. The van der Waals surface area contributed by atoms with Gasteiger partial charge < -0.3 is 5.32 Å². The number of thiocarbonyl (C=S) groups is 1. The zero-order valence-electron chi connectivity index (χ0n) is 6.03. The Labute approximate surface area is 71.5 Å². The maximum absolute atomic E-state index is 5.16. The third-order valence-corrected chi connectivity index (χ3v) is 2.28. The predicted molar refractivity (Wildman–Crippen MR) is 50.4 cm³/mol. The van der Waals surface area contributed by atoms with Crippen molar-refractivity contribution >= 4 is 17.2 Å². The SMILES string of the molecule is S=C1NC2C=CC1/C=C\C=C/2. The number of nitrogens with one attached hydrogen (secondary N) is 1. The Morgan fingerprint density at radius 3 is 2.73 bits per heavy atom. The van der Waals surface area contributed by atoms with Crippen LogP contribution in [0, 0.1) is 5.92 Å². The fourth-order valence-corrected chi connectivity index (χ4v) is 1.56. The minimum atomic E-state index is 0.309. The Morgan fingerprint density at radius 2 is 1.91 bits per heavy atom. The third kappa shape index (κ3) is 1.26. The molecule has 0 fully saturated rings. The van der Waals surface area contributed by atoms with Gasteiger partial charge in [0, 0.05) is 5.92 Å². The van der Waals surface area contributed by atoms with Gasteiger partial charge in [0.05, 0.1) is 11.0 Å². The van der Waals surface area contributed by atoms with Gasteiger partial charge in [0.25, 0.3) is 0 Å². The van der Waals surface area contributed by atoms with Crippen LogP contribution in [0.25, 0.3) is 0 Å². The maximum atomic E-state index is 5.16. The van der Waals surface area contributed by atoms with E-state index in [2.05, 4.69) is 35.7 Å². The van der Waals surface area contributed by atoms with Crippen molar-refractivity contribution in [2.45, 2.75) is 6.04 Å². The summed E-state index contributed by atoms with van der Waals surface area (Å²) in [4.78, 5) is 0.929. The molecular weight excluding hydrogens is 154 g/mol. The van der Waals surface area contributed by atoms with E-state index in [1.165, 1.54) is 0 Å². The van der Waals surface area contributed by atoms with Gasteiger partial charge in [-0.15, -0.1) is 0 Å². The zero-order valence-corrected chi connectivity index (χ0v) is 6.84. The molecule has 56 valence electrons. The molecule has 2 bridgehead atoms. The topological polar surface area (TPSA) is 12.0 Å². The third-order valence-electron chi connectivity index (χ3n) is 1.89. The average Bonchev–Trinajstić information content (AvgIpc) is 1.92. The lowest BCUT2D eigenvalue weighted by atomic mass is 10.00. The standard InChI is InChI=1S/C9H9NS/c11-9-7-3-1-2-4-8(10-9)6-5-7/h1-8H,(H,10,11)/b3-1-,4-2-. The number of allylic oxidation sites excluding steroid dienone is 2. The number of rotatable bonds is 0. The summed E-state index contributed by atoms with van der Waals surface area (Å²) in [6, 6.07) is 0.309. The summed E-state index contributed by atoms with van der Waals surface area (Å²) in [5.41, 5.74) is 0. The molecule has 2 heteroatoms. The van der Waals surface area contributed by atoms with Crippen molar-refractivity contribution in [1.29, 1.82) is 0 Å². The molecule has 0 aromatic rings. The lowest BCUT2D eigenvalue weighted by molar-refractivity contribution is 0.817. The fourth-order valence-electron chi connectivity index (χ4n) is 1.27. The van der Waals surface area contributed by atoms with E-state index in [1.54, 1.807) is 0 Å². The highest BCUT2D eigenvalue weighted by Crippen LogP contribution is 2.13. The van der Waals surface area contributed by atoms with Crippen molar-refractivity contribution in [2.24, 2.45) is 5.92 Å². The van der Waals surface area contributed by atoms with Gasteiger partial charge in [0.1, 0.15) is 0 Å². The van der Waals surface area contributed by atoms with Crippen LogP contribution in [0.3, 0.4) is 0 Å². The van der Waals surface area contributed by atoms with Crippen molar-refractivity contribution in [1.82, 2.24) is 5.32 Å². The molecule has 2 aliphatic heterocycles. The Kier molecular flexibility index (Phi) is 1.62. The number of hydrogen-bond donors (Lipinski definition) is 1. The molecule has 0 aromatic heterocycles. The van der Waals surface area contributed by atoms with Gasteiger partial charge in [-0.2, -0.15) is 0 Å². The highest BCUT2D eigenvalue weighted by Gasteiger charge is 2.16. The van der Waals surface area contributed by atoms with Crippen LogP contribution in [0.5, 0.6) is 0 Å². The van der Waals surface area contributed by atoms with Crippen molar-refractivity contribution in [3.05, 3.63) is 36.5 Å².